The van der Waals surface area contributed by atoms with Crippen LogP contribution in [0.5, 0.6) is 0 Å². The molecule has 0 saturated carbocycles. The van der Waals surface area contributed by atoms with Crippen LogP contribution in [0.25, 0.3) is 11.0 Å². The fraction of sp³-hybridized carbons (Fsp3) is 0.500. The van der Waals surface area contributed by atoms with Crippen LogP contribution >= 0.6 is 0 Å². The minimum absolute atomic E-state index is 0.0673. The number of rotatable bonds is 3. The molecule has 0 bridgehead atoms. The van der Waals surface area contributed by atoms with Gasteiger partial charge < -0.3 is 10.2 Å². The van der Waals surface area contributed by atoms with Crippen molar-refractivity contribution in [3.8, 4) is 0 Å². The van der Waals surface area contributed by atoms with Crippen molar-refractivity contribution in [2.75, 3.05) is 19.6 Å². The third-order valence-corrected chi connectivity index (χ3v) is 4.42. The zero-order valence-electron chi connectivity index (χ0n) is 13.1. The van der Waals surface area contributed by atoms with E-state index in [0.717, 1.165) is 30.7 Å². The molecule has 1 aromatic heterocycles. The highest BCUT2D eigenvalue weighted by molar-refractivity contribution is 5.78. The summed E-state index contributed by atoms with van der Waals surface area (Å²) in [7, 11) is 1.77. The van der Waals surface area contributed by atoms with E-state index >= 15 is 0 Å². The molecule has 0 unspecified atom stereocenters. The molecule has 1 amide bonds. The van der Waals surface area contributed by atoms with E-state index in [1.165, 1.54) is 0 Å². The van der Waals surface area contributed by atoms with Gasteiger partial charge in [-0.15, -0.1) is 0 Å². The van der Waals surface area contributed by atoms with Crippen LogP contribution in [0, 0.1) is 0 Å². The van der Waals surface area contributed by atoms with Gasteiger partial charge in [0, 0.05) is 45.7 Å². The molecule has 0 aliphatic carbocycles. The topological polar surface area (TPSA) is 59.3 Å². The maximum Gasteiger partial charge on any atom is 0.328 e. The molecule has 1 atom stereocenters. The molecular weight excluding hydrogens is 280 g/mol. The van der Waals surface area contributed by atoms with Crippen LogP contribution in [0.1, 0.15) is 13.3 Å². The van der Waals surface area contributed by atoms with Gasteiger partial charge in [-0.2, -0.15) is 0 Å². The number of amides is 1. The van der Waals surface area contributed by atoms with Crippen LogP contribution in [0.2, 0.25) is 0 Å². The first-order valence-corrected chi connectivity index (χ1v) is 7.74. The molecule has 1 saturated heterocycles. The molecule has 0 spiro atoms. The van der Waals surface area contributed by atoms with E-state index in [1.807, 2.05) is 36.1 Å². The Morgan fingerprint density at radius 2 is 2.05 bits per heavy atom. The Hall–Kier alpha value is -2.08. The molecule has 3 rings (SSSR count). The zero-order valence-corrected chi connectivity index (χ0v) is 13.1. The fourth-order valence-electron chi connectivity index (χ4n) is 3.14. The van der Waals surface area contributed by atoms with Gasteiger partial charge in [-0.3, -0.25) is 13.9 Å². The van der Waals surface area contributed by atoms with Crippen molar-refractivity contribution in [2.24, 2.45) is 7.05 Å². The van der Waals surface area contributed by atoms with Crippen molar-refractivity contribution >= 4 is 16.9 Å². The lowest BCUT2D eigenvalue weighted by Gasteiger charge is -2.34. The maximum absolute atomic E-state index is 12.4. The Kier molecular flexibility index (Phi) is 4.02. The summed E-state index contributed by atoms with van der Waals surface area (Å²) in [4.78, 5) is 26.7. The highest BCUT2D eigenvalue weighted by Crippen LogP contribution is 2.13. The Bertz CT molecular complexity index is 746. The summed E-state index contributed by atoms with van der Waals surface area (Å²) >= 11 is 0. The largest absolute Gasteiger partial charge is 0.337 e. The van der Waals surface area contributed by atoms with E-state index in [1.54, 1.807) is 16.2 Å². The second kappa shape index (κ2) is 5.96. The number of aryl methyl sites for hydroxylation is 2. The predicted molar refractivity (Wildman–Crippen MR) is 85.8 cm³/mol. The fourth-order valence-corrected chi connectivity index (χ4v) is 3.14. The standard InChI is InChI=1S/C16H22N4O2/c1-12-11-17-8-10-19(12)15(21)7-9-20-14-6-4-3-5-13(14)18(2)16(20)22/h3-6,12,17H,7-11H2,1-2H3/t12-/m0/s1. The SMILES string of the molecule is C[C@H]1CNCCN1C(=O)CCn1c(=O)n(C)c2ccccc21. The molecule has 6 heteroatoms. The van der Waals surface area contributed by atoms with Gasteiger partial charge in [0.25, 0.3) is 0 Å². The minimum atomic E-state index is -0.0673. The number of nitrogens with zero attached hydrogens (tertiary/aromatic N) is 3. The molecule has 1 aromatic carbocycles. The molecular formula is C16H22N4O2. The summed E-state index contributed by atoms with van der Waals surface area (Å²) in [5.41, 5.74) is 1.72. The molecule has 22 heavy (non-hydrogen) atoms. The van der Waals surface area contributed by atoms with Gasteiger partial charge in [0.1, 0.15) is 0 Å². The quantitative estimate of drug-likeness (QED) is 0.901. The highest BCUT2D eigenvalue weighted by atomic mass is 16.2. The molecule has 118 valence electrons. The van der Waals surface area contributed by atoms with Crippen LogP contribution < -0.4 is 11.0 Å². The summed E-state index contributed by atoms with van der Waals surface area (Å²) < 4.78 is 3.33. The number of nitrogens with one attached hydrogen (secondary N) is 1. The third-order valence-electron chi connectivity index (χ3n) is 4.42. The average molecular weight is 302 g/mol. The van der Waals surface area contributed by atoms with E-state index < -0.39 is 0 Å². The van der Waals surface area contributed by atoms with Crippen molar-refractivity contribution in [3.63, 3.8) is 0 Å². The number of benzene rings is 1. The summed E-state index contributed by atoms with van der Waals surface area (Å²) in [6, 6.07) is 7.89. The Morgan fingerprint density at radius 1 is 1.32 bits per heavy atom. The van der Waals surface area contributed by atoms with Gasteiger partial charge >= 0.3 is 5.69 Å². The number of hydrogen-bond donors (Lipinski definition) is 1. The minimum Gasteiger partial charge on any atom is -0.337 e. The van der Waals surface area contributed by atoms with Crippen molar-refractivity contribution in [2.45, 2.75) is 25.9 Å². The van der Waals surface area contributed by atoms with Crippen molar-refractivity contribution < 1.29 is 4.79 Å². The van der Waals surface area contributed by atoms with Crippen LogP contribution in [0.15, 0.2) is 29.1 Å². The number of fused-ring (bicyclic) bond motifs is 1. The lowest BCUT2D eigenvalue weighted by Crippen LogP contribution is -2.52. The summed E-state index contributed by atoms with van der Waals surface area (Å²) in [6.45, 7) is 4.89. The Morgan fingerprint density at radius 3 is 2.77 bits per heavy atom. The summed E-state index contributed by atoms with van der Waals surface area (Å²) in [5, 5.41) is 3.28. The first kappa shape index (κ1) is 14.8. The van der Waals surface area contributed by atoms with Crippen molar-refractivity contribution in [1.29, 1.82) is 0 Å². The van der Waals surface area contributed by atoms with Crippen LogP contribution in [-0.2, 0) is 18.4 Å². The monoisotopic (exact) mass is 302 g/mol. The molecule has 6 nitrogen and oxygen atoms in total. The van der Waals surface area contributed by atoms with Gasteiger partial charge in [-0.1, -0.05) is 12.1 Å². The molecule has 2 heterocycles. The molecule has 1 fully saturated rings. The maximum atomic E-state index is 12.4. The number of piperazine rings is 1. The average Bonchev–Trinajstić information content (AvgIpc) is 2.77. The van der Waals surface area contributed by atoms with Gasteiger partial charge in [0.15, 0.2) is 0 Å². The van der Waals surface area contributed by atoms with E-state index in [-0.39, 0.29) is 17.6 Å². The number of aromatic nitrogens is 2. The Balaban J connectivity index is 1.78. The number of para-hydroxylation sites is 2. The Labute approximate surface area is 129 Å². The van der Waals surface area contributed by atoms with Crippen molar-refractivity contribution in [3.05, 3.63) is 34.7 Å². The second-order valence-electron chi connectivity index (χ2n) is 5.87. The molecule has 2 aromatic rings. The van der Waals surface area contributed by atoms with E-state index in [4.69, 9.17) is 0 Å². The third kappa shape index (κ3) is 2.54. The van der Waals surface area contributed by atoms with E-state index in [0.29, 0.717) is 13.0 Å². The number of carbonyl (C=O) groups excluding carboxylic acids is 1. The summed E-state index contributed by atoms with van der Waals surface area (Å²) in [5.74, 6) is 0.119. The van der Waals surface area contributed by atoms with Crippen molar-refractivity contribution in [1.82, 2.24) is 19.4 Å². The van der Waals surface area contributed by atoms with Crippen LogP contribution in [0.4, 0.5) is 0 Å². The highest BCUT2D eigenvalue weighted by Gasteiger charge is 2.23. The van der Waals surface area contributed by atoms with Crippen LogP contribution in [-0.4, -0.2) is 45.6 Å². The molecule has 0 radical (unpaired) electrons. The first-order chi connectivity index (χ1) is 10.6. The van der Waals surface area contributed by atoms with Gasteiger partial charge in [0.05, 0.1) is 11.0 Å². The normalized spacial score (nSPS) is 18.8. The molecule has 1 N–H and O–H groups in total. The molecule has 1 aliphatic heterocycles. The smallest absolute Gasteiger partial charge is 0.328 e. The molecule has 1 aliphatic rings. The number of hydrogen-bond acceptors (Lipinski definition) is 3. The van der Waals surface area contributed by atoms with Crippen LogP contribution in [0.3, 0.4) is 0 Å². The van der Waals surface area contributed by atoms with Gasteiger partial charge in [-0.25, -0.2) is 4.79 Å². The second-order valence-corrected chi connectivity index (χ2v) is 5.87. The van der Waals surface area contributed by atoms with E-state index in [9.17, 15) is 9.59 Å². The number of carbonyl (C=O) groups is 1. The van der Waals surface area contributed by atoms with E-state index in [2.05, 4.69) is 5.32 Å². The lowest BCUT2D eigenvalue weighted by atomic mass is 10.2. The summed E-state index contributed by atoms with van der Waals surface area (Å²) in [6.07, 6.45) is 0.359. The van der Waals surface area contributed by atoms with Gasteiger partial charge in [0.2, 0.25) is 5.91 Å². The zero-order chi connectivity index (χ0) is 15.7. The number of imidazole rings is 1. The predicted octanol–water partition coefficient (Wildman–Crippen LogP) is 0.550. The first-order valence-electron chi connectivity index (χ1n) is 7.74. The van der Waals surface area contributed by atoms with Gasteiger partial charge in [-0.05, 0) is 19.1 Å². The lowest BCUT2D eigenvalue weighted by molar-refractivity contribution is -0.134.